The standard InChI is InChI=1S/C14H10BrN3S/c15-9-3-6-13(18-8-9)19-12-5-4-11(16)10-2-1-7-17-14(10)12/h1-8H,16H2. The van der Waals surface area contributed by atoms with Crippen LogP contribution in [0.25, 0.3) is 10.9 Å². The number of fused-ring (bicyclic) bond motifs is 1. The second kappa shape index (κ2) is 5.19. The minimum absolute atomic E-state index is 0.746. The van der Waals surface area contributed by atoms with Crippen molar-refractivity contribution in [2.24, 2.45) is 0 Å². The van der Waals surface area contributed by atoms with E-state index < -0.39 is 0 Å². The van der Waals surface area contributed by atoms with E-state index in [9.17, 15) is 0 Å². The highest BCUT2D eigenvalue weighted by atomic mass is 79.9. The zero-order chi connectivity index (χ0) is 13.2. The highest BCUT2D eigenvalue weighted by Crippen LogP contribution is 2.33. The van der Waals surface area contributed by atoms with Gasteiger partial charge in [-0.15, -0.1) is 0 Å². The summed E-state index contributed by atoms with van der Waals surface area (Å²) in [5, 5.41) is 1.91. The van der Waals surface area contributed by atoms with Gasteiger partial charge >= 0.3 is 0 Å². The molecule has 0 atom stereocenters. The van der Waals surface area contributed by atoms with Crippen LogP contribution in [0.3, 0.4) is 0 Å². The minimum atomic E-state index is 0.746. The SMILES string of the molecule is Nc1ccc(Sc2ccc(Br)cn2)c2ncccc12. The van der Waals surface area contributed by atoms with Crippen LogP contribution in [0.15, 0.2) is 63.2 Å². The molecule has 5 heteroatoms. The van der Waals surface area contributed by atoms with Crippen molar-refractivity contribution in [3.05, 3.63) is 53.3 Å². The summed E-state index contributed by atoms with van der Waals surface area (Å²) in [4.78, 5) is 9.83. The molecule has 3 nitrogen and oxygen atoms in total. The number of aromatic nitrogens is 2. The molecular weight excluding hydrogens is 322 g/mol. The van der Waals surface area contributed by atoms with E-state index in [0.717, 1.165) is 31.0 Å². The van der Waals surface area contributed by atoms with E-state index in [2.05, 4.69) is 25.9 Å². The van der Waals surface area contributed by atoms with Gasteiger partial charge < -0.3 is 5.73 Å². The smallest absolute Gasteiger partial charge is 0.101 e. The van der Waals surface area contributed by atoms with Gasteiger partial charge in [-0.1, -0.05) is 11.8 Å². The van der Waals surface area contributed by atoms with Crippen LogP contribution >= 0.6 is 27.7 Å². The average Bonchev–Trinajstić information content (AvgIpc) is 2.45. The number of benzene rings is 1. The molecule has 0 aliphatic carbocycles. The molecule has 0 fully saturated rings. The van der Waals surface area contributed by atoms with Crippen molar-refractivity contribution in [1.29, 1.82) is 0 Å². The summed E-state index contributed by atoms with van der Waals surface area (Å²) in [6.07, 6.45) is 3.57. The van der Waals surface area contributed by atoms with Crippen LogP contribution in [0.4, 0.5) is 5.69 Å². The molecule has 19 heavy (non-hydrogen) atoms. The summed E-state index contributed by atoms with van der Waals surface area (Å²) in [5.41, 5.74) is 7.63. The lowest BCUT2D eigenvalue weighted by Gasteiger charge is -2.07. The third-order valence-corrected chi connectivity index (χ3v) is 4.15. The predicted octanol–water partition coefficient (Wildman–Crippen LogP) is 4.13. The van der Waals surface area contributed by atoms with E-state index in [-0.39, 0.29) is 0 Å². The Kier molecular flexibility index (Phi) is 3.40. The minimum Gasteiger partial charge on any atom is -0.398 e. The van der Waals surface area contributed by atoms with Gasteiger partial charge in [-0.25, -0.2) is 4.98 Å². The summed E-state index contributed by atoms with van der Waals surface area (Å²) < 4.78 is 0.970. The number of halogens is 1. The lowest BCUT2D eigenvalue weighted by molar-refractivity contribution is 1.12. The van der Waals surface area contributed by atoms with Crippen LogP contribution < -0.4 is 5.73 Å². The summed E-state index contributed by atoms with van der Waals surface area (Å²) in [7, 11) is 0. The molecule has 0 aliphatic heterocycles. The maximum Gasteiger partial charge on any atom is 0.101 e. The normalized spacial score (nSPS) is 10.8. The van der Waals surface area contributed by atoms with Crippen molar-refractivity contribution in [2.75, 3.05) is 5.73 Å². The van der Waals surface area contributed by atoms with E-state index in [1.54, 1.807) is 24.2 Å². The van der Waals surface area contributed by atoms with E-state index in [1.807, 2.05) is 36.4 Å². The molecule has 2 N–H and O–H groups in total. The summed E-state index contributed by atoms with van der Waals surface area (Å²) in [6, 6.07) is 11.7. The number of nitrogens with zero attached hydrogens (tertiary/aromatic N) is 2. The van der Waals surface area contributed by atoms with E-state index in [1.165, 1.54) is 0 Å². The fourth-order valence-corrected chi connectivity index (χ4v) is 2.88. The van der Waals surface area contributed by atoms with Gasteiger partial charge in [0.15, 0.2) is 0 Å². The Morgan fingerprint density at radius 1 is 1.05 bits per heavy atom. The largest absolute Gasteiger partial charge is 0.398 e. The number of hydrogen-bond acceptors (Lipinski definition) is 4. The lowest BCUT2D eigenvalue weighted by Crippen LogP contribution is -1.90. The average molecular weight is 332 g/mol. The fraction of sp³-hybridized carbons (Fsp3) is 0. The first-order valence-electron chi connectivity index (χ1n) is 5.66. The maximum atomic E-state index is 5.97. The molecule has 94 valence electrons. The maximum absolute atomic E-state index is 5.97. The van der Waals surface area contributed by atoms with Gasteiger partial charge in [-0.2, -0.15) is 0 Å². The Balaban J connectivity index is 2.06. The quantitative estimate of drug-likeness (QED) is 0.717. The summed E-state index contributed by atoms with van der Waals surface area (Å²) in [6.45, 7) is 0. The first-order chi connectivity index (χ1) is 9.24. The Labute approximate surface area is 123 Å². The zero-order valence-electron chi connectivity index (χ0n) is 9.88. The molecule has 3 aromatic rings. The van der Waals surface area contributed by atoms with Gasteiger partial charge in [-0.05, 0) is 52.3 Å². The third-order valence-electron chi connectivity index (χ3n) is 2.68. The Hall–Kier alpha value is -1.59. The second-order valence-corrected chi connectivity index (χ2v) is 5.95. The van der Waals surface area contributed by atoms with Gasteiger partial charge in [0.25, 0.3) is 0 Å². The Morgan fingerprint density at radius 2 is 1.95 bits per heavy atom. The fourth-order valence-electron chi connectivity index (χ4n) is 1.79. The van der Waals surface area contributed by atoms with Crippen molar-refractivity contribution in [1.82, 2.24) is 9.97 Å². The molecule has 0 saturated carbocycles. The molecule has 2 aromatic heterocycles. The van der Waals surface area contributed by atoms with E-state index in [0.29, 0.717) is 0 Å². The van der Waals surface area contributed by atoms with Crippen LogP contribution in [0, 0.1) is 0 Å². The highest BCUT2D eigenvalue weighted by Gasteiger charge is 2.07. The topological polar surface area (TPSA) is 51.8 Å². The zero-order valence-corrected chi connectivity index (χ0v) is 12.3. The van der Waals surface area contributed by atoms with Crippen molar-refractivity contribution < 1.29 is 0 Å². The van der Waals surface area contributed by atoms with Crippen molar-refractivity contribution in [3.8, 4) is 0 Å². The first-order valence-corrected chi connectivity index (χ1v) is 7.27. The lowest BCUT2D eigenvalue weighted by atomic mass is 10.2. The first kappa shape index (κ1) is 12.4. The van der Waals surface area contributed by atoms with Gasteiger partial charge in [0, 0.05) is 32.8 Å². The second-order valence-electron chi connectivity index (χ2n) is 3.97. The molecule has 2 heterocycles. The van der Waals surface area contributed by atoms with Crippen LogP contribution in [0.5, 0.6) is 0 Å². The van der Waals surface area contributed by atoms with Gasteiger partial charge in [0.2, 0.25) is 0 Å². The predicted molar refractivity (Wildman–Crippen MR) is 82.2 cm³/mol. The molecule has 0 spiro atoms. The van der Waals surface area contributed by atoms with Crippen LogP contribution in [-0.4, -0.2) is 9.97 Å². The van der Waals surface area contributed by atoms with Crippen LogP contribution in [0.2, 0.25) is 0 Å². The van der Waals surface area contributed by atoms with Crippen molar-refractivity contribution in [3.63, 3.8) is 0 Å². The van der Waals surface area contributed by atoms with E-state index >= 15 is 0 Å². The number of anilines is 1. The molecule has 0 aliphatic rings. The number of nitrogen functional groups attached to an aromatic ring is 1. The van der Waals surface area contributed by atoms with Crippen molar-refractivity contribution >= 4 is 44.3 Å². The molecule has 0 amide bonds. The Morgan fingerprint density at radius 3 is 2.74 bits per heavy atom. The number of nitrogens with two attached hydrogens (primary N) is 1. The summed E-state index contributed by atoms with van der Waals surface area (Å²) in [5.74, 6) is 0. The molecule has 0 unspecified atom stereocenters. The van der Waals surface area contributed by atoms with Gasteiger partial charge in [-0.3, -0.25) is 4.98 Å². The Bertz CT molecular complexity index is 728. The summed E-state index contributed by atoms with van der Waals surface area (Å²) >= 11 is 4.96. The molecule has 0 saturated heterocycles. The molecular formula is C14H10BrN3S. The molecule has 0 radical (unpaired) electrons. The third kappa shape index (κ3) is 2.57. The van der Waals surface area contributed by atoms with Crippen molar-refractivity contribution in [2.45, 2.75) is 9.92 Å². The van der Waals surface area contributed by atoms with Crippen LogP contribution in [-0.2, 0) is 0 Å². The van der Waals surface area contributed by atoms with E-state index in [4.69, 9.17) is 5.73 Å². The number of rotatable bonds is 2. The molecule has 0 bridgehead atoms. The van der Waals surface area contributed by atoms with Crippen LogP contribution in [0.1, 0.15) is 0 Å². The monoisotopic (exact) mass is 331 g/mol. The highest BCUT2D eigenvalue weighted by molar-refractivity contribution is 9.10. The van der Waals surface area contributed by atoms with Gasteiger partial charge in [0.1, 0.15) is 5.03 Å². The molecule has 3 rings (SSSR count). The number of hydrogen-bond donors (Lipinski definition) is 1. The number of pyridine rings is 2. The van der Waals surface area contributed by atoms with Gasteiger partial charge in [0.05, 0.1) is 5.52 Å². The molecule has 1 aromatic carbocycles.